The van der Waals surface area contributed by atoms with Gasteiger partial charge < -0.3 is 5.73 Å². The van der Waals surface area contributed by atoms with Crippen LogP contribution in [0.2, 0.25) is 0 Å². The molecule has 2 rings (SSSR count). The van der Waals surface area contributed by atoms with Crippen molar-refractivity contribution in [1.29, 1.82) is 0 Å². The predicted octanol–water partition coefficient (Wildman–Crippen LogP) is 2.05. The van der Waals surface area contributed by atoms with Gasteiger partial charge in [-0.1, -0.05) is 13.3 Å². The highest BCUT2D eigenvalue weighted by molar-refractivity contribution is 9.10. The molecular formula is C13H23BrN4. The van der Waals surface area contributed by atoms with Gasteiger partial charge in [0.1, 0.15) is 0 Å². The maximum Gasteiger partial charge on any atom is 0.0739 e. The first-order valence-corrected chi connectivity index (χ1v) is 7.48. The summed E-state index contributed by atoms with van der Waals surface area (Å²) in [6, 6.07) is 0.378. The quantitative estimate of drug-likeness (QED) is 0.929. The summed E-state index contributed by atoms with van der Waals surface area (Å²) in [5.41, 5.74) is 8.48. The number of piperidine rings is 1. The molecule has 0 amide bonds. The van der Waals surface area contributed by atoms with E-state index in [1.54, 1.807) is 0 Å². The molecule has 1 saturated heterocycles. The first-order valence-electron chi connectivity index (χ1n) is 6.68. The molecule has 0 aromatic carbocycles. The Labute approximate surface area is 118 Å². The molecule has 1 fully saturated rings. The molecule has 1 aliphatic heterocycles. The lowest BCUT2D eigenvalue weighted by Crippen LogP contribution is -2.46. The van der Waals surface area contributed by atoms with Crippen molar-refractivity contribution in [3.63, 3.8) is 0 Å². The lowest BCUT2D eigenvalue weighted by atomic mass is 9.90. The van der Waals surface area contributed by atoms with Crippen LogP contribution in [0.1, 0.15) is 31.2 Å². The van der Waals surface area contributed by atoms with Crippen molar-refractivity contribution in [2.45, 2.75) is 39.3 Å². The molecule has 1 aliphatic rings. The zero-order chi connectivity index (χ0) is 13.3. The molecule has 5 heteroatoms. The maximum atomic E-state index is 6.16. The highest BCUT2D eigenvalue weighted by Crippen LogP contribution is 2.25. The van der Waals surface area contributed by atoms with E-state index in [9.17, 15) is 0 Å². The Hall–Kier alpha value is -0.390. The largest absolute Gasteiger partial charge is 0.327 e. The van der Waals surface area contributed by atoms with Crippen molar-refractivity contribution < 1.29 is 0 Å². The van der Waals surface area contributed by atoms with Gasteiger partial charge in [-0.05, 0) is 35.2 Å². The number of aromatic nitrogens is 2. The van der Waals surface area contributed by atoms with Crippen LogP contribution >= 0.6 is 15.9 Å². The van der Waals surface area contributed by atoms with Gasteiger partial charge in [-0.2, -0.15) is 5.10 Å². The molecule has 0 saturated carbocycles. The molecule has 2 atom stereocenters. The van der Waals surface area contributed by atoms with Crippen LogP contribution in [-0.4, -0.2) is 33.8 Å². The van der Waals surface area contributed by atoms with E-state index in [2.05, 4.69) is 32.9 Å². The van der Waals surface area contributed by atoms with Gasteiger partial charge in [0.05, 0.1) is 15.9 Å². The van der Waals surface area contributed by atoms with Crippen LogP contribution in [0.25, 0.3) is 0 Å². The molecule has 0 spiro atoms. The first-order chi connectivity index (χ1) is 8.52. The van der Waals surface area contributed by atoms with E-state index in [0.29, 0.717) is 12.0 Å². The summed E-state index contributed by atoms with van der Waals surface area (Å²) in [5, 5.41) is 4.45. The van der Waals surface area contributed by atoms with Gasteiger partial charge in [-0.15, -0.1) is 0 Å². The van der Waals surface area contributed by atoms with E-state index < -0.39 is 0 Å². The van der Waals surface area contributed by atoms with Crippen LogP contribution in [0.5, 0.6) is 0 Å². The second-order valence-corrected chi connectivity index (χ2v) is 6.12. The summed E-state index contributed by atoms with van der Waals surface area (Å²) in [5.74, 6) is 0.631. The topological polar surface area (TPSA) is 47.1 Å². The fraction of sp³-hybridized carbons (Fsp3) is 0.769. The average molecular weight is 315 g/mol. The van der Waals surface area contributed by atoms with Crippen LogP contribution in [0.15, 0.2) is 4.47 Å². The third-order valence-corrected chi connectivity index (χ3v) is 5.07. The SMILES string of the molecule is CCC1CN(Cc2c(Br)c(C)nn2C)CCC1N. The number of hydrogen-bond acceptors (Lipinski definition) is 3. The minimum Gasteiger partial charge on any atom is -0.327 e. The van der Waals surface area contributed by atoms with Crippen LogP contribution in [0.4, 0.5) is 0 Å². The van der Waals surface area contributed by atoms with Gasteiger partial charge in [0, 0.05) is 32.7 Å². The van der Waals surface area contributed by atoms with E-state index in [4.69, 9.17) is 5.73 Å². The minimum atomic E-state index is 0.378. The molecule has 102 valence electrons. The van der Waals surface area contributed by atoms with E-state index in [1.807, 2.05) is 18.7 Å². The summed E-state index contributed by atoms with van der Waals surface area (Å²) in [7, 11) is 2.01. The van der Waals surface area contributed by atoms with Crippen molar-refractivity contribution in [2.24, 2.45) is 18.7 Å². The van der Waals surface area contributed by atoms with E-state index in [-0.39, 0.29) is 0 Å². The molecule has 2 unspecified atom stereocenters. The Morgan fingerprint density at radius 2 is 2.22 bits per heavy atom. The molecule has 0 aliphatic carbocycles. The van der Waals surface area contributed by atoms with E-state index in [0.717, 1.165) is 36.2 Å². The lowest BCUT2D eigenvalue weighted by molar-refractivity contribution is 0.142. The van der Waals surface area contributed by atoms with Gasteiger partial charge in [0.15, 0.2) is 0 Å². The monoisotopic (exact) mass is 314 g/mol. The average Bonchev–Trinajstić information content (AvgIpc) is 2.58. The van der Waals surface area contributed by atoms with Gasteiger partial charge >= 0.3 is 0 Å². The van der Waals surface area contributed by atoms with Gasteiger partial charge in [-0.25, -0.2) is 0 Å². The fourth-order valence-electron chi connectivity index (χ4n) is 2.76. The summed E-state index contributed by atoms with van der Waals surface area (Å²) in [6.07, 6.45) is 2.27. The van der Waals surface area contributed by atoms with Crippen LogP contribution in [0.3, 0.4) is 0 Å². The minimum absolute atomic E-state index is 0.378. The number of likely N-dealkylation sites (tertiary alicyclic amines) is 1. The molecule has 2 N–H and O–H groups in total. The molecule has 1 aromatic rings. The second-order valence-electron chi connectivity index (χ2n) is 5.33. The number of nitrogens with two attached hydrogens (primary N) is 1. The van der Waals surface area contributed by atoms with Crippen molar-refractivity contribution >= 4 is 15.9 Å². The van der Waals surface area contributed by atoms with Crippen LogP contribution in [0, 0.1) is 12.8 Å². The van der Waals surface area contributed by atoms with Crippen LogP contribution < -0.4 is 5.73 Å². The van der Waals surface area contributed by atoms with Gasteiger partial charge in [0.2, 0.25) is 0 Å². The maximum absolute atomic E-state index is 6.16. The van der Waals surface area contributed by atoms with Gasteiger partial charge in [0.25, 0.3) is 0 Å². The highest BCUT2D eigenvalue weighted by atomic mass is 79.9. The van der Waals surface area contributed by atoms with Gasteiger partial charge in [-0.3, -0.25) is 9.58 Å². The number of hydrogen-bond donors (Lipinski definition) is 1. The summed E-state index contributed by atoms with van der Waals surface area (Å²) >= 11 is 3.64. The third-order valence-electron chi connectivity index (χ3n) is 4.04. The molecular weight excluding hydrogens is 292 g/mol. The van der Waals surface area contributed by atoms with Crippen LogP contribution in [-0.2, 0) is 13.6 Å². The van der Waals surface area contributed by atoms with Crippen molar-refractivity contribution in [2.75, 3.05) is 13.1 Å². The number of nitrogens with zero attached hydrogens (tertiary/aromatic N) is 3. The number of aryl methyl sites for hydroxylation is 2. The Balaban J connectivity index is 2.05. The highest BCUT2D eigenvalue weighted by Gasteiger charge is 2.26. The van der Waals surface area contributed by atoms with Crippen molar-refractivity contribution in [1.82, 2.24) is 14.7 Å². The zero-order valence-corrected chi connectivity index (χ0v) is 13.1. The first kappa shape index (κ1) is 14.0. The normalized spacial score (nSPS) is 25.6. The predicted molar refractivity (Wildman–Crippen MR) is 77.3 cm³/mol. The number of halogens is 1. The molecule has 0 bridgehead atoms. The zero-order valence-electron chi connectivity index (χ0n) is 11.5. The lowest BCUT2D eigenvalue weighted by Gasteiger charge is -2.36. The third kappa shape index (κ3) is 2.78. The standard InChI is InChI=1S/C13H23BrN4/c1-4-10-7-18(6-5-11(10)15)8-12-13(14)9(2)16-17(12)3/h10-11H,4-8,15H2,1-3H3. The Bertz CT molecular complexity index is 415. The Morgan fingerprint density at radius 3 is 2.78 bits per heavy atom. The molecule has 0 radical (unpaired) electrons. The van der Waals surface area contributed by atoms with E-state index >= 15 is 0 Å². The Kier molecular flexibility index (Phi) is 4.45. The molecule has 2 heterocycles. The van der Waals surface area contributed by atoms with Crippen molar-refractivity contribution in [3.05, 3.63) is 15.9 Å². The summed E-state index contributed by atoms with van der Waals surface area (Å²) in [4.78, 5) is 2.50. The van der Waals surface area contributed by atoms with E-state index in [1.165, 1.54) is 12.1 Å². The molecule has 18 heavy (non-hydrogen) atoms. The summed E-state index contributed by atoms with van der Waals surface area (Å²) in [6.45, 7) is 7.43. The molecule has 4 nitrogen and oxygen atoms in total. The Morgan fingerprint density at radius 1 is 1.50 bits per heavy atom. The smallest absolute Gasteiger partial charge is 0.0739 e. The number of rotatable bonds is 3. The summed E-state index contributed by atoms with van der Waals surface area (Å²) < 4.78 is 3.13. The molecule has 1 aromatic heterocycles. The van der Waals surface area contributed by atoms with Crippen molar-refractivity contribution in [3.8, 4) is 0 Å². The second kappa shape index (κ2) is 5.72. The fourth-order valence-corrected chi connectivity index (χ4v) is 3.23.